The van der Waals surface area contributed by atoms with Crippen molar-refractivity contribution < 1.29 is 14.3 Å². The van der Waals surface area contributed by atoms with Crippen LogP contribution in [0, 0.1) is 11.8 Å². The number of carbonyl (C=O) groups excluding carboxylic acids is 2. The van der Waals surface area contributed by atoms with Crippen LogP contribution in [0.3, 0.4) is 0 Å². The molecule has 0 saturated carbocycles. The summed E-state index contributed by atoms with van der Waals surface area (Å²) in [6.07, 6.45) is 2.10. The van der Waals surface area contributed by atoms with Gasteiger partial charge < -0.3 is 14.6 Å². The van der Waals surface area contributed by atoms with Crippen LogP contribution in [0.2, 0.25) is 0 Å². The van der Waals surface area contributed by atoms with Gasteiger partial charge in [-0.15, -0.1) is 5.10 Å². The Morgan fingerprint density at radius 2 is 1.25 bits per heavy atom. The Morgan fingerprint density at radius 3 is 1.84 bits per heavy atom. The van der Waals surface area contributed by atoms with Crippen molar-refractivity contribution in [3.63, 3.8) is 0 Å². The normalized spacial score (nSPS) is 11.1. The fourth-order valence-corrected chi connectivity index (χ4v) is 8.11. The largest absolute Gasteiger partial charge is 0.448 e. The van der Waals surface area contributed by atoms with Crippen molar-refractivity contribution in [2.45, 2.75) is 51.7 Å². The van der Waals surface area contributed by atoms with Crippen LogP contribution in [-0.2, 0) is 41.0 Å². The summed E-state index contributed by atoms with van der Waals surface area (Å²) in [5, 5.41) is 16.6. The zero-order chi connectivity index (χ0) is 43.4. The molecule has 0 radical (unpaired) electrons. The van der Waals surface area contributed by atoms with Gasteiger partial charge in [0, 0.05) is 25.1 Å². The average Bonchev–Trinajstić information content (AvgIpc) is 3.97. The van der Waals surface area contributed by atoms with Gasteiger partial charge >= 0.3 is 5.97 Å². The summed E-state index contributed by atoms with van der Waals surface area (Å²) in [7, 11) is 0. The molecule has 2 heterocycles. The van der Waals surface area contributed by atoms with E-state index < -0.39 is 17.4 Å². The number of nitrogens with one attached hydrogen (secondary N) is 1. The van der Waals surface area contributed by atoms with Crippen LogP contribution in [0.1, 0.15) is 70.1 Å². The quantitative estimate of drug-likeness (QED) is 0.0623. The van der Waals surface area contributed by atoms with Crippen LogP contribution in [0.4, 0.5) is 0 Å². The second-order valence-corrected chi connectivity index (χ2v) is 15.0. The third-order valence-electron chi connectivity index (χ3n) is 11.0. The van der Waals surface area contributed by atoms with E-state index >= 15 is 0 Å². The number of aromatic nitrogens is 6. The molecule has 10 heteroatoms. The number of carbonyl (C=O) groups is 2. The van der Waals surface area contributed by atoms with E-state index in [1.807, 2.05) is 113 Å². The lowest BCUT2D eigenvalue weighted by molar-refractivity contribution is -0.115. The van der Waals surface area contributed by atoms with Crippen molar-refractivity contribution in [1.82, 2.24) is 35.1 Å². The van der Waals surface area contributed by atoms with E-state index in [4.69, 9.17) is 20.0 Å². The molecule has 1 N–H and O–H groups in total. The summed E-state index contributed by atoms with van der Waals surface area (Å²) < 4.78 is 9.53. The summed E-state index contributed by atoms with van der Waals surface area (Å²) in [5.74, 6) is 5.66. The highest BCUT2D eigenvalue weighted by Crippen LogP contribution is 2.43. The SMILES string of the molecule is CCCc1nc(CC)c(C(=O)OCC#CC(=O)NCc2ccccc2)n1Cc1ccc(-c2ccccc2-c2nnnn2C(c2ccccc2)(c2ccccc2)c2ccccc2)cc1. The zero-order valence-electron chi connectivity index (χ0n) is 35.3. The fourth-order valence-electron chi connectivity index (χ4n) is 8.11. The average molecular weight is 830 g/mol. The molecule has 63 heavy (non-hydrogen) atoms. The summed E-state index contributed by atoms with van der Waals surface area (Å²) in [5.41, 5.74) is 7.98. The molecule has 8 aromatic rings. The summed E-state index contributed by atoms with van der Waals surface area (Å²) in [4.78, 5) is 30.9. The first-order valence-corrected chi connectivity index (χ1v) is 21.2. The van der Waals surface area contributed by atoms with Crippen molar-refractivity contribution in [3.8, 4) is 34.4 Å². The number of esters is 1. The Balaban J connectivity index is 1.09. The zero-order valence-corrected chi connectivity index (χ0v) is 35.3. The topological polar surface area (TPSA) is 117 Å². The molecule has 0 aliphatic rings. The van der Waals surface area contributed by atoms with Crippen molar-refractivity contribution in [2.24, 2.45) is 0 Å². The van der Waals surface area contributed by atoms with Gasteiger partial charge in [-0.2, -0.15) is 0 Å². The molecule has 0 aliphatic heterocycles. The van der Waals surface area contributed by atoms with E-state index in [9.17, 15) is 9.59 Å². The van der Waals surface area contributed by atoms with Crippen LogP contribution >= 0.6 is 0 Å². The number of aryl methyl sites for hydroxylation is 2. The van der Waals surface area contributed by atoms with E-state index in [2.05, 4.69) is 102 Å². The number of benzene rings is 6. The lowest BCUT2D eigenvalue weighted by Gasteiger charge is -2.36. The van der Waals surface area contributed by atoms with Crippen LogP contribution in [0.5, 0.6) is 0 Å². The Morgan fingerprint density at radius 1 is 0.683 bits per heavy atom. The van der Waals surface area contributed by atoms with Gasteiger partial charge in [0.1, 0.15) is 11.4 Å². The molecule has 1 amide bonds. The molecule has 312 valence electrons. The van der Waals surface area contributed by atoms with Crippen molar-refractivity contribution in [1.29, 1.82) is 0 Å². The van der Waals surface area contributed by atoms with Gasteiger partial charge in [0.25, 0.3) is 5.91 Å². The van der Waals surface area contributed by atoms with Gasteiger partial charge in [0.15, 0.2) is 18.1 Å². The number of ether oxygens (including phenoxy) is 1. The van der Waals surface area contributed by atoms with Crippen molar-refractivity contribution in [2.75, 3.05) is 6.61 Å². The molecule has 2 aromatic heterocycles. The van der Waals surface area contributed by atoms with Gasteiger partial charge in [-0.25, -0.2) is 14.5 Å². The second-order valence-electron chi connectivity index (χ2n) is 15.0. The smallest absolute Gasteiger partial charge is 0.357 e. The van der Waals surface area contributed by atoms with E-state index in [0.717, 1.165) is 56.8 Å². The molecule has 0 fully saturated rings. The number of amides is 1. The molecule has 0 unspecified atom stereocenters. The van der Waals surface area contributed by atoms with Gasteiger partial charge in [-0.05, 0) is 68.1 Å². The van der Waals surface area contributed by atoms with Crippen LogP contribution in [-0.4, -0.2) is 48.2 Å². The van der Waals surface area contributed by atoms with Gasteiger partial charge in [-0.3, -0.25) is 4.79 Å². The van der Waals surface area contributed by atoms with Crippen molar-refractivity contribution in [3.05, 3.63) is 215 Å². The minimum absolute atomic E-state index is 0.227. The highest BCUT2D eigenvalue weighted by atomic mass is 16.5. The first-order valence-electron chi connectivity index (χ1n) is 21.2. The first-order chi connectivity index (χ1) is 31.0. The Bertz CT molecular complexity index is 2750. The molecule has 0 saturated heterocycles. The maximum absolute atomic E-state index is 13.7. The van der Waals surface area contributed by atoms with Crippen LogP contribution in [0.15, 0.2) is 170 Å². The molecule has 10 nitrogen and oxygen atoms in total. The molecule has 8 rings (SSSR count). The second kappa shape index (κ2) is 19.7. The molecular formula is C53H47N7O3. The molecule has 0 aliphatic carbocycles. The molecule has 0 bridgehead atoms. The van der Waals surface area contributed by atoms with Gasteiger partial charge in [-0.1, -0.05) is 190 Å². The summed E-state index contributed by atoms with van der Waals surface area (Å²) in [6.45, 7) is 4.61. The Labute approximate surface area is 367 Å². The maximum Gasteiger partial charge on any atom is 0.357 e. The van der Waals surface area contributed by atoms with E-state index in [-0.39, 0.29) is 6.61 Å². The highest BCUT2D eigenvalue weighted by molar-refractivity contribution is 5.93. The number of rotatable bonds is 15. The maximum atomic E-state index is 13.7. The van der Waals surface area contributed by atoms with E-state index in [1.165, 1.54) is 0 Å². The standard InChI is InChI=1S/C53H47N7O3/c1-3-20-48-55-47(4-2)50(52(62)63-36-19-31-49(61)54-37-39-21-9-5-10-22-39)59(48)38-40-32-34-41(35-33-40)45-29-17-18-30-46(45)51-56-57-58-60(51)53(42-23-11-6-12-24-42,43-25-13-7-14-26-43)44-27-15-8-16-28-44/h5-18,21-30,32-35H,3-4,20,36-38H2,1-2H3,(H,54,61). The number of nitrogens with zero attached hydrogens (tertiary/aromatic N) is 6. The lowest BCUT2D eigenvalue weighted by Crippen LogP contribution is -2.39. The summed E-state index contributed by atoms with van der Waals surface area (Å²) >= 11 is 0. The number of hydrogen-bond acceptors (Lipinski definition) is 7. The minimum atomic E-state index is -0.902. The Hall–Kier alpha value is -7.90. The molecule has 6 aromatic carbocycles. The molecular weight excluding hydrogens is 783 g/mol. The van der Waals surface area contributed by atoms with E-state index in [0.29, 0.717) is 43.1 Å². The van der Waals surface area contributed by atoms with Crippen LogP contribution in [0.25, 0.3) is 22.5 Å². The molecule has 0 spiro atoms. The summed E-state index contributed by atoms with van der Waals surface area (Å²) in [6, 6.07) is 57.2. The number of tetrazole rings is 1. The Kier molecular flexibility index (Phi) is 13.0. The van der Waals surface area contributed by atoms with Crippen molar-refractivity contribution >= 4 is 11.9 Å². The number of hydrogen-bond donors (Lipinski definition) is 1. The number of imidazole rings is 1. The van der Waals surface area contributed by atoms with Crippen LogP contribution < -0.4 is 5.32 Å². The van der Waals surface area contributed by atoms with Gasteiger partial charge in [0.05, 0.1) is 5.69 Å². The third-order valence-corrected chi connectivity index (χ3v) is 11.0. The first kappa shape index (κ1) is 41.8. The fraction of sp³-hybridized carbons (Fsp3) is 0.170. The predicted octanol–water partition coefficient (Wildman–Crippen LogP) is 9.08. The monoisotopic (exact) mass is 829 g/mol. The van der Waals surface area contributed by atoms with E-state index in [1.54, 1.807) is 0 Å². The minimum Gasteiger partial charge on any atom is -0.448 e. The van der Waals surface area contributed by atoms with Gasteiger partial charge in [0.2, 0.25) is 0 Å². The predicted molar refractivity (Wildman–Crippen MR) is 244 cm³/mol. The third kappa shape index (κ3) is 8.95. The highest BCUT2D eigenvalue weighted by Gasteiger charge is 2.42. The molecule has 0 atom stereocenters. The lowest BCUT2D eigenvalue weighted by atomic mass is 9.77.